The lowest BCUT2D eigenvalue weighted by Crippen LogP contribution is -2.33. The predicted octanol–water partition coefficient (Wildman–Crippen LogP) is 12.5. The molecule has 1 unspecified atom stereocenters. The average Bonchev–Trinajstić information content (AvgIpc) is 3.83. The van der Waals surface area contributed by atoms with Crippen LogP contribution in [0.2, 0.25) is 0 Å². The number of amidine groups is 2. The van der Waals surface area contributed by atoms with E-state index in [-0.39, 0.29) is 0 Å². The van der Waals surface area contributed by atoms with E-state index in [0.29, 0.717) is 5.84 Å². The van der Waals surface area contributed by atoms with Gasteiger partial charge in [0.1, 0.15) is 23.2 Å². The van der Waals surface area contributed by atoms with Gasteiger partial charge in [-0.05, 0) is 53.1 Å². The van der Waals surface area contributed by atoms with Gasteiger partial charge in [-0.1, -0.05) is 158 Å². The number of nitrogens with one attached hydrogen (secondary N) is 1. The molecule has 0 saturated carbocycles. The van der Waals surface area contributed by atoms with Crippen LogP contribution in [0.4, 0.5) is 0 Å². The van der Waals surface area contributed by atoms with Crippen LogP contribution in [0.5, 0.6) is 0 Å². The summed E-state index contributed by atoms with van der Waals surface area (Å²) in [5.74, 6) is 1.42. The van der Waals surface area contributed by atoms with Crippen LogP contribution in [0.1, 0.15) is 22.9 Å². The Morgan fingerprint density at radius 3 is 1.79 bits per heavy atom. The molecule has 11 rings (SSSR count). The van der Waals surface area contributed by atoms with Gasteiger partial charge in [0, 0.05) is 49.5 Å². The standard InChI is InChI=1S/C51H34N4O/c1-4-16-33(17-5-1)36-30-37(32-38(31-36)55-44-27-12-10-22-40(44)41-23-11-13-28-45(41)55)50-52-49(35-20-8-3-9-21-35)53-51(54-50)43-26-15-29-46-47(43)42-25-14-24-39(48(42)56-46)34-18-6-2-7-19-34/h1-32,51H,(H,52,53,54). The van der Waals surface area contributed by atoms with Gasteiger partial charge in [0.15, 0.2) is 5.84 Å². The maximum atomic E-state index is 6.68. The molecule has 1 aliphatic rings. The van der Waals surface area contributed by atoms with E-state index in [2.05, 4.69) is 180 Å². The molecule has 0 bridgehead atoms. The zero-order chi connectivity index (χ0) is 37.0. The maximum Gasteiger partial charge on any atom is 0.159 e. The monoisotopic (exact) mass is 718 g/mol. The Labute approximate surface area is 323 Å². The third kappa shape index (κ3) is 5.32. The van der Waals surface area contributed by atoms with Crippen LogP contribution in [-0.4, -0.2) is 16.2 Å². The highest BCUT2D eigenvalue weighted by Gasteiger charge is 2.26. The molecule has 5 heteroatoms. The number of aromatic nitrogens is 1. The van der Waals surface area contributed by atoms with Crippen molar-refractivity contribution in [1.82, 2.24) is 9.88 Å². The van der Waals surface area contributed by atoms with E-state index in [1.54, 1.807) is 0 Å². The van der Waals surface area contributed by atoms with Gasteiger partial charge in [0.2, 0.25) is 0 Å². The van der Waals surface area contributed by atoms with E-state index in [4.69, 9.17) is 14.4 Å². The van der Waals surface area contributed by atoms with Crippen molar-refractivity contribution in [3.63, 3.8) is 0 Å². The molecule has 0 amide bonds. The van der Waals surface area contributed by atoms with Crippen LogP contribution >= 0.6 is 0 Å². The second-order valence-electron chi connectivity index (χ2n) is 14.2. The molecule has 0 saturated heterocycles. The zero-order valence-electron chi connectivity index (χ0n) is 30.3. The topological polar surface area (TPSA) is 54.8 Å². The lowest BCUT2D eigenvalue weighted by atomic mass is 9.99. The molecule has 1 atom stereocenters. The van der Waals surface area contributed by atoms with Gasteiger partial charge in [-0.2, -0.15) is 0 Å². The number of fused-ring (bicyclic) bond motifs is 6. The largest absolute Gasteiger partial charge is 0.455 e. The van der Waals surface area contributed by atoms with E-state index >= 15 is 0 Å². The van der Waals surface area contributed by atoms with Gasteiger partial charge in [-0.15, -0.1) is 0 Å². The highest BCUT2D eigenvalue weighted by atomic mass is 16.3. The van der Waals surface area contributed by atoms with E-state index in [9.17, 15) is 0 Å². The molecule has 0 fully saturated rings. The molecule has 1 aliphatic heterocycles. The number of aliphatic imine (C=N–C) groups is 2. The highest BCUT2D eigenvalue weighted by molar-refractivity contribution is 6.15. The maximum absolute atomic E-state index is 6.68. The quantitative estimate of drug-likeness (QED) is 0.186. The van der Waals surface area contributed by atoms with Gasteiger partial charge in [-0.25, -0.2) is 9.98 Å². The average molecular weight is 719 g/mol. The van der Waals surface area contributed by atoms with Crippen molar-refractivity contribution in [3.8, 4) is 27.9 Å². The molecule has 2 aromatic heterocycles. The molecular formula is C51H34N4O. The fourth-order valence-corrected chi connectivity index (χ4v) is 8.30. The van der Waals surface area contributed by atoms with Gasteiger partial charge >= 0.3 is 0 Å². The summed E-state index contributed by atoms with van der Waals surface area (Å²) < 4.78 is 9.04. The Kier molecular flexibility index (Phi) is 7.49. The number of para-hydroxylation sites is 3. The lowest BCUT2D eigenvalue weighted by molar-refractivity contribution is 0.663. The fourth-order valence-electron chi connectivity index (χ4n) is 8.30. The fraction of sp³-hybridized carbons (Fsp3) is 0.0196. The summed E-state index contributed by atoms with van der Waals surface area (Å²) in [5.41, 5.74) is 12.4. The van der Waals surface area contributed by atoms with Crippen molar-refractivity contribution < 1.29 is 4.42 Å². The summed E-state index contributed by atoms with van der Waals surface area (Å²) in [7, 11) is 0. The van der Waals surface area contributed by atoms with Gasteiger partial charge in [0.05, 0.1) is 11.0 Å². The van der Waals surface area contributed by atoms with E-state index in [0.717, 1.165) is 83.4 Å². The Morgan fingerprint density at radius 2 is 1.07 bits per heavy atom. The second-order valence-corrected chi connectivity index (χ2v) is 14.2. The number of hydrogen-bond acceptors (Lipinski definition) is 4. The van der Waals surface area contributed by atoms with Crippen molar-refractivity contribution in [3.05, 3.63) is 211 Å². The van der Waals surface area contributed by atoms with Crippen molar-refractivity contribution in [1.29, 1.82) is 0 Å². The summed E-state index contributed by atoms with van der Waals surface area (Å²) in [6.07, 6.45) is -0.445. The first-order valence-electron chi connectivity index (χ1n) is 18.9. The first-order chi connectivity index (χ1) is 27.8. The van der Waals surface area contributed by atoms with Crippen LogP contribution < -0.4 is 5.32 Å². The normalized spacial score (nSPS) is 14.2. The summed E-state index contributed by atoms with van der Waals surface area (Å²) >= 11 is 0. The van der Waals surface area contributed by atoms with Crippen LogP contribution in [-0.2, 0) is 0 Å². The Bertz CT molecular complexity index is 3100. The molecular weight excluding hydrogens is 685 g/mol. The molecule has 5 nitrogen and oxygen atoms in total. The van der Waals surface area contributed by atoms with Gasteiger partial charge < -0.3 is 14.3 Å². The SMILES string of the molecule is c1ccc(C2=NC(c3cc(-c4ccccc4)cc(-n4c5ccccc5c5ccccc54)c3)=NC(c3cccc4oc5c(-c6ccccc6)cccc5c34)N2)cc1. The highest BCUT2D eigenvalue weighted by Crippen LogP contribution is 2.40. The Balaban J connectivity index is 1.14. The van der Waals surface area contributed by atoms with Crippen LogP contribution in [0, 0.1) is 0 Å². The van der Waals surface area contributed by atoms with E-state index < -0.39 is 6.17 Å². The lowest BCUT2D eigenvalue weighted by Gasteiger charge is -2.24. The smallest absolute Gasteiger partial charge is 0.159 e. The van der Waals surface area contributed by atoms with Gasteiger partial charge in [-0.3, -0.25) is 0 Å². The molecule has 1 N–H and O–H groups in total. The zero-order valence-corrected chi connectivity index (χ0v) is 30.3. The number of rotatable bonds is 6. The molecule has 0 radical (unpaired) electrons. The van der Waals surface area contributed by atoms with Gasteiger partial charge in [0.25, 0.3) is 0 Å². The van der Waals surface area contributed by atoms with Crippen molar-refractivity contribution in [2.24, 2.45) is 9.98 Å². The third-order valence-corrected chi connectivity index (χ3v) is 10.8. The van der Waals surface area contributed by atoms with Crippen LogP contribution in [0.3, 0.4) is 0 Å². The minimum absolute atomic E-state index is 0.445. The van der Waals surface area contributed by atoms with Crippen molar-refractivity contribution in [2.75, 3.05) is 0 Å². The number of furan rings is 1. The number of benzene rings is 8. The van der Waals surface area contributed by atoms with Crippen molar-refractivity contribution >= 4 is 55.4 Å². The molecule has 0 aliphatic carbocycles. The number of nitrogens with zero attached hydrogens (tertiary/aromatic N) is 3. The molecule has 264 valence electrons. The molecule has 10 aromatic rings. The first kappa shape index (κ1) is 32.0. The van der Waals surface area contributed by atoms with Crippen LogP contribution in [0.25, 0.3) is 71.7 Å². The summed E-state index contributed by atoms with van der Waals surface area (Å²) in [5, 5.41) is 8.26. The van der Waals surface area contributed by atoms with Crippen molar-refractivity contribution in [2.45, 2.75) is 6.17 Å². The Hall–Kier alpha value is -7.50. The first-order valence-corrected chi connectivity index (χ1v) is 18.9. The minimum atomic E-state index is -0.445. The second kappa shape index (κ2) is 13.1. The molecule has 8 aromatic carbocycles. The third-order valence-electron chi connectivity index (χ3n) is 10.8. The van der Waals surface area contributed by atoms with E-state index in [1.165, 1.54) is 10.8 Å². The Morgan fingerprint density at radius 1 is 0.482 bits per heavy atom. The summed E-state index contributed by atoms with van der Waals surface area (Å²) in [4.78, 5) is 10.8. The summed E-state index contributed by atoms with van der Waals surface area (Å²) in [6.45, 7) is 0. The molecule has 3 heterocycles. The summed E-state index contributed by atoms with van der Waals surface area (Å²) in [6, 6.07) is 67.9. The number of hydrogen-bond donors (Lipinski definition) is 1. The molecule has 0 spiro atoms. The minimum Gasteiger partial charge on any atom is -0.455 e. The molecule has 56 heavy (non-hydrogen) atoms. The predicted molar refractivity (Wildman–Crippen MR) is 231 cm³/mol. The van der Waals surface area contributed by atoms with E-state index in [1.807, 2.05) is 24.3 Å². The van der Waals surface area contributed by atoms with Crippen LogP contribution in [0.15, 0.2) is 209 Å².